The van der Waals surface area contributed by atoms with Crippen molar-refractivity contribution in [2.24, 2.45) is 0 Å². The second kappa shape index (κ2) is 8.32. The molecule has 25 heavy (non-hydrogen) atoms. The van der Waals surface area contributed by atoms with Crippen LogP contribution in [0.2, 0.25) is 0 Å². The molecule has 0 aliphatic heterocycles. The summed E-state index contributed by atoms with van der Waals surface area (Å²) >= 11 is 4.10. The Hall–Kier alpha value is -2.10. The predicted molar refractivity (Wildman–Crippen MR) is 92.9 cm³/mol. The lowest BCUT2D eigenvalue weighted by Crippen LogP contribution is -2.43. The molecule has 2 unspecified atom stereocenters. The first-order valence-electron chi connectivity index (χ1n) is 7.18. The van der Waals surface area contributed by atoms with Crippen LogP contribution in [0.3, 0.4) is 0 Å². The summed E-state index contributed by atoms with van der Waals surface area (Å²) in [5.41, 5.74) is 0. The summed E-state index contributed by atoms with van der Waals surface area (Å²) in [6.07, 6.45) is -1.54. The van der Waals surface area contributed by atoms with Crippen molar-refractivity contribution in [3.05, 3.63) is 60.4 Å². The van der Waals surface area contributed by atoms with Crippen molar-refractivity contribution in [2.75, 3.05) is 6.54 Å². The maximum atomic E-state index is 13.6. The third-order valence-electron chi connectivity index (χ3n) is 3.22. The normalized spacial score (nSPS) is 13.8. The number of benzene rings is 2. The lowest BCUT2D eigenvalue weighted by Gasteiger charge is -2.21. The molecule has 2 aromatic rings. The average molecular weight is 385 g/mol. The Balaban J connectivity index is 2.07. The van der Waals surface area contributed by atoms with Gasteiger partial charge in [0.25, 0.3) is 0 Å². The molecule has 134 valence electrons. The van der Waals surface area contributed by atoms with Crippen LogP contribution in [0.25, 0.3) is 0 Å². The number of carboxylic acids is 1. The zero-order valence-electron chi connectivity index (χ0n) is 12.9. The second-order valence-electron chi connectivity index (χ2n) is 5.04. The van der Waals surface area contributed by atoms with Crippen LogP contribution in [-0.2, 0) is 14.8 Å². The fourth-order valence-electron chi connectivity index (χ4n) is 1.96. The van der Waals surface area contributed by atoms with E-state index in [1.54, 1.807) is 18.2 Å². The van der Waals surface area contributed by atoms with Gasteiger partial charge in [-0.1, -0.05) is 30.3 Å². The minimum Gasteiger partial charge on any atom is -0.478 e. The van der Waals surface area contributed by atoms with Crippen molar-refractivity contribution in [1.29, 1.82) is 0 Å². The number of nitrogens with one attached hydrogen (secondary N) is 1. The SMILES string of the molecule is O=C(O)C(Oc1ccccc1F)C(S)CNS(=O)(=O)c1ccccc1. The molecule has 0 spiro atoms. The van der Waals surface area contributed by atoms with Gasteiger partial charge in [0.05, 0.1) is 10.1 Å². The van der Waals surface area contributed by atoms with Gasteiger partial charge in [0.1, 0.15) is 0 Å². The molecule has 2 aromatic carbocycles. The molecule has 0 amide bonds. The van der Waals surface area contributed by atoms with Gasteiger partial charge in [-0.25, -0.2) is 22.3 Å². The van der Waals surface area contributed by atoms with Gasteiger partial charge in [-0.3, -0.25) is 0 Å². The smallest absolute Gasteiger partial charge is 0.346 e. The summed E-state index contributed by atoms with van der Waals surface area (Å²) < 4.78 is 45.3. The zero-order chi connectivity index (χ0) is 18.4. The lowest BCUT2D eigenvalue weighted by atomic mass is 10.2. The summed E-state index contributed by atoms with van der Waals surface area (Å²) in [6, 6.07) is 12.9. The van der Waals surface area contributed by atoms with Crippen LogP contribution in [-0.4, -0.2) is 37.4 Å². The van der Waals surface area contributed by atoms with Crippen LogP contribution in [0.1, 0.15) is 0 Å². The first-order valence-corrected chi connectivity index (χ1v) is 9.18. The number of hydrogen-bond acceptors (Lipinski definition) is 5. The molecule has 2 rings (SSSR count). The lowest BCUT2D eigenvalue weighted by molar-refractivity contribution is -0.145. The van der Waals surface area contributed by atoms with Crippen LogP contribution in [0.4, 0.5) is 4.39 Å². The van der Waals surface area contributed by atoms with Gasteiger partial charge in [-0.15, -0.1) is 0 Å². The van der Waals surface area contributed by atoms with Crippen molar-refractivity contribution in [1.82, 2.24) is 4.72 Å². The number of aliphatic carboxylic acids is 1. The van der Waals surface area contributed by atoms with Crippen LogP contribution in [0, 0.1) is 5.82 Å². The summed E-state index contributed by atoms with van der Waals surface area (Å²) in [5.74, 6) is -2.36. The summed E-state index contributed by atoms with van der Waals surface area (Å²) in [7, 11) is -3.82. The Morgan fingerprint density at radius 2 is 1.76 bits per heavy atom. The van der Waals surface area contributed by atoms with E-state index >= 15 is 0 Å². The third kappa shape index (κ3) is 5.18. The number of thiol groups is 1. The number of sulfonamides is 1. The number of hydrogen-bond donors (Lipinski definition) is 3. The third-order valence-corrected chi connectivity index (χ3v) is 5.11. The summed E-state index contributed by atoms with van der Waals surface area (Å²) in [6.45, 7) is -0.314. The number of carbonyl (C=O) groups is 1. The highest BCUT2D eigenvalue weighted by molar-refractivity contribution is 7.89. The van der Waals surface area contributed by atoms with E-state index < -0.39 is 33.2 Å². The first kappa shape index (κ1) is 19.2. The largest absolute Gasteiger partial charge is 0.478 e. The van der Waals surface area contributed by atoms with Crippen LogP contribution >= 0.6 is 12.6 Å². The zero-order valence-corrected chi connectivity index (χ0v) is 14.6. The summed E-state index contributed by atoms with van der Waals surface area (Å²) in [4.78, 5) is 11.4. The maximum Gasteiger partial charge on any atom is 0.346 e. The molecule has 2 N–H and O–H groups in total. The molecule has 6 nitrogen and oxygen atoms in total. The average Bonchev–Trinajstić information content (AvgIpc) is 2.59. The Kier molecular flexibility index (Phi) is 6.40. The van der Waals surface area contributed by atoms with Crippen LogP contribution < -0.4 is 9.46 Å². The topological polar surface area (TPSA) is 92.7 Å². The summed E-state index contributed by atoms with van der Waals surface area (Å²) in [5, 5.41) is 8.22. The molecular formula is C16H16FNO5S2. The van der Waals surface area contributed by atoms with E-state index in [0.717, 1.165) is 6.07 Å². The number of rotatable bonds is 8. The number of carboxylic acid groups (broad SMARTS) is 1. The number of halogens is 1. The van der Waals surface area contributed by atoms with E-state index in [4.69, 9.17) is 4.74 Å². The molecule has 0 aliphatic carbocycles. The molecule has 0 fully saturated rings. The van der Waals surface area contributed by atoms with Gasteiger partial charge in [0.15, 0.2) is 11.6 Å². The highest BCUT2D eigenvalue weighted by Gasteiger charge is 2.30. The monoisotopic (exact) mass is 385 g/mol. The van der Waals surface area contributed by atoms with Crippen molar-refractivity contribution < 1.29 is 27.4 Å². The van der Waals surface area contributed by atoms with E-state index in [-0.39, 0.29) is 17.2 Å². The Morgan fingerprint density at radius 1 is 1.16 bits per heavy atom. The number of para-hydroxylation sites is 1. The minimum absolute atomic E-state index is 0.0393. The highest BCUT2D eigenvalue weighted by atomic mass is 32.2. The predicted octanol–water partition coefficient (Wildman–Crippen LogP) is 1.93. The van der Waals surface area contributed by atoms with Crippen LogP contribution in [0.15, 0.2) is 59.5 Å². The maximum absolute atomic E-state index is 13.6. The van der Waals surface area contributed by atoms with Crippen molar-refractivity contribution in [3.63, 3.8) is 0 Å². The van der Waals surface area contributed by atoms with E-state index in [0.29, 0.717) is 0 Å². The molecule has 2 atom stereocenters. The second-order valence-corrected chi connectivity index (χ2v) is 7.47. The van der Waals surface area contributed by atoms with Gasteiger partial charge < -0.3 is 9.84 Å². The van der Waals surface area contributed by atoms with Gasteiger partial charge in [0, 0.05) is 6.54 Å². The molecule has 0 aliphatic rings. The Morgan fingerprint density at radius 3 is 2.36 bits per heavy atom. The van der Waals surface area contributed by atoms with Crippen molar-refractivity contribution in [3.8, 4) is 5.75 Å². The van der Waals surface area contributed by atoms with E-state index in [1.807, 2.05) is 0 Å². The molecule has 0 radical (unpaired) electrons. The molecule has 0 bridgehead atoms. The highest BCUT2D eigenvalue weighted by Crippen LogP contribution is 2.20. The first-order chi connectivity index (χ1) is 11.8. The van der Waals surface area contributed by atoms with Gasteiger partial charge in [-0.05, 0) is 24.3 Å². The van der Waals surface area contributed by atoms with Crippen molar-refractivity contribution in [2.45, 2.75) is 16.2 Å². The van der Waals surface area contributed by atoms with Gasteiger partial charge >= 0.3 is 5.97 Å². The van der Waals surface area contributed by atoms with Gasteiger partial charge in [0.2, 0.25) is 16.1 Å². The fraction of sp³-hybridized carbons (Fsp3) is 0.188. The molecule has 0 saturated heterocycles. The molecule has 9 heteroatoms. The molecular weight excluding hydrogens is 369 g/mol. The Bertz CT molecular complexity index is 829. The fourth-order valence-corrected chi connectivity index (χ4v) is 3.44. The Labute approximate surface area is 150 Å². The quantitative estimate of drug-likeness (QED) is 0.604. The number of ether oxygens (including phenoxy) is 1. The molecule has 0 aromatic heterocycles. The van der Waals surface area contributed by atoms with Crippen LogP contribution in [0.5, 0.6) is 5.75 Å². The van der Waals surface area contributed by atoms with E-state index in [9.17, 15) is 22.7 Å². The standard InChI is InChI=1S/C16H16FNO5S2/c17-12-8-4-5-9-13(12)23-15(16(19)20)14(24)10-18-25(21,22)11-6-2-1-3-7-11/h1-9,14-15,18,24H,10H2,(H,19,20). The van der Waals surface area contributed by atoms with E-state index in [1.165, 1.54) is 30.3 Å². The minimum atomic E-state index is -3.82. The molecule has 0 heterocycles. The molecule has 0 saturated carbocycles. The van der Waals surface area contributed by atoms with Gasteiger partial charge in [-0.2, -0.15) is 12.6 Å². The van der Waals surface area contributed by atoms with E-state index in [2.05, 4.69) is 17.4 Å². The van der Waals surface area contributed by atoms with Crippen molar-refractivity contribution >= 4 is 28.6 Å².